The van der Waals surface area contributed by atoms with Crippen LogP contribution in [0.25, 0.3) is 0 Å². The molecule has 1 amide bonds. The molecule has 5 heteroatoms. The summed E-state index contributed by atoms with van der Waals surface area (Å²) in [5.74, 6) is 0.253. The van der Waals surface area contributed by atoms with Crippen LogP contribution in [0.15, 0.2) is 0 Å². The Labute approximate surface area is 109 Å². The molecule has 0 aromatic carbocycles. The lowest BCUT2D eigenvalue weighted by Crippen LogP contribution is -2.42. The Morgan fingerprint density at radius 3 is 3.00 bits per heavy atom. The zero-order chi connectivity index (χ0) is 12.8. The molecule has 2 aliphatic rings. The largest absolute Gasteiger partial charge is 0.379 e. The van der Waals surface area contributed by atoms with Gasteiger partial charge in [-0.2, -0.15) is 0 Å². The normalized spacial score (nSPS) is 27.9. The number of carbonyl (C=O) groups is 1. The van der Waals surface area contributed by atoms with Crippen LogP contribution in [0.4, 0.5) is 0 Å². The SMILES string of the molecule is CCOCCO[C@H]1CCN(C(=O)C2CCCN2)C1. The van der Waals surface area contributed by atoms with Gasteiger partial charge in [-0.3, -0.25) is 4.79 Å². The molecule has 0 saturated carbocycles. The van der Waals surface area contributed by atoms with Gasteiger partial charge < -0.3 is 19.7 Å². The van der Waals surface area contributed by atoms with Crippen molar-refractivity contribution in [1.82, 2.24) is 10.2 Å². The van der Waals surface area contributed by atoms with E-state index in [1.807, 2.05) is 11.8 Å². The summed E-state index contributed by atoms with van der Waals surface area (Å²) in [5, 5.41) is 3.26. The van der Waals surface area contributed by atoms with E-state index in [9.17, 15) is 4.79 Å². The average Bonchev–Trinajstić information content (AvgIpc) is 3.05. The fourth-order valence-corrected chi connectivity index (χ4v) is 2.60. The number of amides is 1. The van der Waals surface area contributed by atoms with Gasteiger partial charge in [-0.05, 0) is 32.7 Å². The van der Waals surface area contributed by atoms with E-state index < -0.39 is 0 Å². The van der Waals surface area contributed by atoms with Gasteiger partial charge in [-0.1, -0.05) is 0 Å². The molecule has 0 spiro atoms. The van der Waals surface area contributed by atoms with Gasteiger partial charge in [-0.15, -0.1) is 0 Å². The van der Waals surface area contributed by atoms with Crippen LogP contribution in [0, 0.1) is 0 Å². The Kier molecular flexibility index (Phi) is 5.41. The minimum atomic E-state index is 0.0483. The molecule has 2 fully saturated rings. The van der Waals surface area contributed by atoms with Crippen molar-refractivity contribution in [2.75, 3.05) is 39.5 Å². The van der Waals surface area contributed by atoms with Crippen molar-refractivity contribution in [3.05, 3.63) is 0 Å². The molecule has 2 heterocycles. The number of carbonyl (C=O) groups excluding carboxylic acids is 1. The van der Waals surface area contributed by atoms with Gasteiger partial charge in [-0.25, -0.2) is 0 Å². The molecule has 1 unspecified atom stereocenters. The second-order valence-electron chi connectivity index (χ2n) is 4.91. The third-order valence-electron chi connectivity index (χ3n) is 3.60. The van der Waals surface area contributed by atoms with Gasteiger partial charge in [0.05, 0.1) is 25.4 Å². The van der Waals surface area contributed by atoms with E-state index in [-0.39, 0.29) is 18.1 Å². The van der Waals surface area contributed by atoms with Crippen LogP contribution in [0.1, 0.15) is 26.2 Å². The van der Waals surface area contributed by atoms with Gasteiger partial charge in [0.1, 0.15) is 0 Å². The second kappa shape index (κ2) is 7.07. The summed E-state index contributed by atoms with van der Waals surface area (Å²) in [6.07, 6.45) is 3.23. The molecule has 2 rings (SSSR count). The number of hydrogen-bond donors (Lipinski definition) is 1. The maximum absolute atomic E-state index is 12.2. The highest BCUT2D eigenvalue weighted by Gasteiger charge is 2.32. The molecule has 0 aromatic rings. The molecule has 104 valence electrons. The second-order valence-corrected chi connectivity index (χ2v) is 4.91. The average molecular weight is 256 g/mol. The summed E-state index contributed by atoms with van der Waals surface area (Å²) < 4.78 is 10.9. The summed E-state index contributed by atoms with van der Waals surface area (Å²) >= 11 is 0. The maximum Gasteiger partial charge on any atom is 0.239 e. The molecule has 2 saturated heterocycles. The first kappa shape index (κ1) is 13.8. The van der Waals surface area contributed by atoms with Crippen LogP contribution in [0.5, 0.6) is 0 Å². The van der Waals surface area contributed by atoms with E-state index >= 15 is 0 Å². The summed E-state index contributed by atoms with van der Waals surface area (Å²) in [5.41, 5.74) is 0. The Morgan fingerprint density at radius 2 is 2.28 bits per heavy atom. The van der Waals surface area contributed by atoms with Crippen LogP contribution in [0.3, 0.4) is 0 Å². The number of nitrogens with one attached hydrogen (secondary N) is 1. The highest BCUT2D eigenvalue weighted by Crippen LogP contribution is 2.16. The van der Waals surface area contributed by atoms with Crippen molar-refractivity contribution < 1.29 is 14.3 Å². The summed E-state index contributed by atoms with van der Waals surface area (Å²) in [7, 11) is 0. The summed E-state index contributed by atoms with van der Waals surface area (Å²) in [6, 6.07) is 0.0483. The van der Waals surface area contributed by atoms with Crippen LogP contribution in [-0.2, 0) is 14.3 Å². The number of nitrogens with zero attached hydrogens (tertiary/aromatic N) is 1. The standard InChI is InChI=1S/C13H24N2O3/c1-2-17-8-9-18-11-5-7-15(10-11)13(16)12-4-3-6-14-12/h11-12,14H,2-10H2,1H3/t11-,12?/m0/s1. The molecule has 1 N–H and O–H groups in total. The van der Waals surface area contributed by atoms with Gasteiger partial charge >= 0.3 is 0 Å². The minimum absolute atomic E-state index is 0.0483. The highest BCUT2D eigenvalue weighted by atomic mass is 16.5. The van der Waals surface area contributed by atoms with E-state index in [0.29, 0.717) is 13.2 Å². The Bertz CT molecular complexity index is 267. The lowest BCUT2D eigenvalue weighted by molar-refractivity contribution is -0.132. The van der Waals surface area contributed by atoms with Crippen LogP contribution in [0.2, 0.25) is 0 Å². The molecular formula is C13H24N2O3. The predicted octanol–water partition coefficient (Wildman–Crippen LogP) is 0.392. The Morgan fingerprint density at radius 1 is 1.39 bits per heavy atom. The van der Waals surface area contributed by atoms with E-state index in [1.165, 1.54) is 0 Å². The van der Waals surface area contributed by atoms with Crippen molar-refractivity contribution in [2.24, 2.45) is 0 Å². The van der Waals surface area contributed by atoms with E-state index in [4.69, 9.17) is 9.47 Å². The summed E-state index contributed by atoms with van der Waals surface area (Å²) in [4.78, 5) is 14.1. The predicted molar refractivity (Wildman–Crippen MR) is 68.5 cm³/mol. The zero-order valence-electron chi connectivity index (χ0n) is 11.2. The van der Waals surface area contributed by atoms with Gasteiger partial charge in [0.15, 0.2) is 0 Å². The molecular weight excluding hydrogens is 232 g/mol. The lowest BCUT2D eigenvalue weighted by Gasteiger charge is -2.20. The van der Waals surface area contributed by atoms with Crippen molar-refractivity contribution >= 4 is 5.91 Å². The topological polar surface area (TPSA) is 50.8 Å². The van der Waals surface area contributed by atoms with Crippen LogP contribution >= 0.6 is 0 Å². The highest BCUT2D eigenvalue weighted by molar-refractivity contribution is 5.82. The van der Waals surface area contributed by atoms with Crippen LogP contribution in [-0.4, -0.2) is 62.4 Å². The monoisotopic (exact) mass is 256 g/mol. The van der Waals surface area contributed by atoms with Gasteiger partial charge in [0.25, 0.3) is 0 Å². The number of ether oxygens (including phenoxy) is 2. The first-order valence-electron chi connectivity index (χ1n) is 7.02. The Balaban J connectivity index is 1.66. The minimum Gasteiger partial charge on any atom is -0.379 e. The van der Waals surface area contributed by atoms with E-state index in [2.05, 4.69) is 5.32 Å². The van der Waals surface area contributed by atoms with E-state index in [1.54, 1.807) is 0 Å². The molecule has 0 bridgehead atoms. The van der Waals surface area contributed by atoms with Crippen molar-refractivity contribution in [3.63, 3.8) is 0 Å². The quantitative estimate of drug-likeness (QED) is 0.699. The first-order valence-corrected chi connectivity index (χ1v) is 7.02. The molecule has 18 heavy (non-hydrogen) atoms. The maximum atomic E-state index is 12.2. The Hall–Kier alpha value is -0.650. The third kappa shape index (κ3) is 3.67. The molecule has 0 aromatic heterocycles. The number of likely N-dealkylation sites (tertiary alicyclic amines) is 1. The fourth-order valence-electron chi connectivity index (χ4n) is 2.60. The fraction of sp³-hybridized carbons (Fsp3) is 0.923. The zero-order valence-corrected chi connectivity index (χ0v) is 11.2. The number of rotatable bonds is 6. The molecule has 5 nitrogen and oxygen atoms in total. The number of hydrogen-bond acceptors (Lipinski definition) is 4. The van der Waals surface area contributed by atoms with Crippen molar-refractivity contribution in [2.45, 2.75) is 38.3 Å². The molecule has 2 aliphatic heterocycles. The third-order valence-corrected chi connectivity index (χ3v) is 3.60. The van der Waals surface area contributed by atoms with Gasteiger partial charge in [0.2, 0.25) is 5.91 Å². The van der Waals surface area contributed by atoms with Gasteiger partial charge in [0, 0.05) is 19.7 Å². The lowest BCUT2D eigenvalue weighted by atomic mass is 10.2. The molecule has 2 atom stereocenters. The van der Waals surface area contributed by atoms with Crippen LogP contribution < -0.4 is 5.32 Å². The molecule has 0 aliphatic carbocycles. The first-order chi connectivity index (χ1) is 8.81. The molecule has 0 radical (unpaired) electrons. The van der Waals surface area contributed by atoms with Crippen molar-refractivity contribution in [3.8, 4) is 0 Å². The van der Waals surface area contributed by atoms with E-state index in [0.717, 1.165) is 45.5 Å². The van der Waals surface area contributed by atoms with Crippen molar-refractivity contribution in [1.29, 1.82) is 0 Å². The smallest absolute Gasteiger partial charge is 0.239 e. The summed E-state index contributed by atoms with van der Waals surface area (Å²) in [6.45, 7) is 6.52.